The highest BCUT2D eigenvalue weighted by Gasteiger charge is 2.15. The Bertz CT molecular complexity index is 659. The molecule has 0 aliphatic rings. The van der Waals surface area contributed by atoms with Gasteiger partial charge < -0.3 is 14.8 Å². The molecule has 0 amide bonds. The lowest BCUT2D eigenvalue weighted by atomic mass is 10.3. The van der Waals surface area contributed by atoms with Crippen LogP contribution < -0.4 is 14.8 Å². The first-order valence-corrected chi connectivity index (χ1v) is 5.63. The van der Waals surface area contributed by atoms with Crippen LogP contribution in [0.1, 0.15) is 0 Å². The monoisotopic (exact) mass is 295 g/mol. The fourth-order valence-electron chi connectivity index (χ4n) is 1.39. The summed E-state index contributed by atoms with van der Waals surface area (Å²) in [6.07, 6.45) is 0. The smallest absolute Gasteiger partial charge is 0.330 e. The van der Waals surface area contributed by atoms with Gasteiger partial charge in [0.05, 0.1) is 12.0 Å². The van der Waals surface area contributed by atoms with Gasteiger partial charge in [0.2, 0.25) is 11.8 Å². The second-order valence-corrected chi connectivity index (χ2v) is 3.65. The highest BCUT2D eigenvalue weighted by Crippen LogP contribution is 2.25. The van der Waals surface area contributed by atoms with Crippen LogP contribution in [0.25, 0.3) is 0 Å². The Morgan fingerprint density at radius 1 is 1.29 bits per heavy atom. The molecular weight excluding hydrogens is 285 g/mol. The normalized spacial score (nSPS) is 10.0. The van der Waals surface area contributed by atoms with Crippen molar-refractivity contribution in [2.75, 3.05) is 19.5 Å². The van der Waals surface area contributed by atoms with E-state index in [-0.39, 0.29) is 23.7 Å². The number of aromatic nitrogens is 3. The van der Waals surface area contributed by atoms with Crippen LogP contribution in [0.15, 0.2) is 18.2 Å². The van der Waals surface area contributed by atoms with Crippen LogP contribution in [0, 0.1) is 15.9 Å². The number of halogens is 1. The number of nitro benzene ring substituents is 1. The van der Waals surface area contributed by atoms with Crippen LogP contribution in [-0.4, -0.2) is 34.0 Å². The molecule has 0 aliphatic heterocycles. The van der Waals surface area contributed by atoms with E-state index in [0.29, 0.717) is 0 Å². The van der Waals surface area contributed by atoms with Gasteiger partial charge in [0, 0.05) is 19.2 Å². The van der Waals surface area contributed by atoms with E-state index in [0.717, 1.165) is 12.1 Å². The molecule has 0 saturated heterocycles. The maximum absolute atomic E-state index is 13.5. The molecule has 0 spiro atoms. The molecule has 1 aromatic heterocycles. The average molecular weight is 295 g/mol. The van der Waals surface area contributed by atoms with Crippen molar-refractivity contribution >= 4 is 11.6 Å². The third-order valence-electron chi connectivity index (χ3n) is 2.33. The molecule has 0 bridgehead atoms. The summed E-state index contributed by atoms with van der Waals surface area (Å²) in [5.74, 6) is -0.819. The first-order valence-electron chi connectivity index (χ1n) is 5.63. The van der Waals surface area contributed by atoms with Crippen molar-refractivity contribution in [1.82, 2.24) is 15.0 Å². The summed E-state index contributed by atoms with van der Waals surface area (Å²) < 4.78 is 23.6. The van der Waals surface area contributed by atoms with Crippen molar-refractivity contribution in [3.8, 4) is 17.8 Å². The summed E-state index contributed by atoms with van der Waals surface area (Å²) in [5, 5.41) is 13.2. The quantitative estimate of drug-likeness (QED) is 0.655. The van der Waals surface area contributed by atoms with Gasteiger partial charge >= 0.3 is 17.7 Å². The van der Waals surface area contributed by atoms with Crippen molar-refractivity contribution in [3.05, 3.63) is 34.1 Å². The maximum atomic E-state index is 13.5. The summed E-state index contributed by atoms with van der Waals surface area (Å²) in [4.78, 5) is 21.3. The minimum atomic E-state index is -1.02. The zero-order chi connectivity index (χ0) is 15.4. The van der Waals surface area contributed by atoms with E-state index in [1.54, 1.807) is 7.05 Å². The number of nitrogens with zero attached hydrogens (tertiary/aromatic N) is 4. The molecule has 0 unspecified atom stereocenters. The number of anilines is 1. The second-order valence-electron chi connectivity index (χ2n) is 3.65. The van der Waals surface area contributed by atoms with Gasteiger partial charge in [0.1, 0.15) is 5.75 Å². The van der Waals surface area contributed by atoms with Crippen LogP contribution in [-0.2, 0) is 0 Å². The first kappa shape index (κ1) is 14.4. The Morgan fingerprint density at radius 2 is 2.00 bits per heavy atom. The number of rotatable bonds is 5. The minimum absolute atomic E-state index is 0.00623. The summed E-state index contributed by atoms with van der Waals surface area (Å²) >= 11 is 0. The Kier molecular flexibility index (Phi) is 4.07. The van der Waals surface area contributed by atoms with E-state index in [9.17, 15) is 14.5 Å². The largest absolute Gasteiger partial charge is 0.467 e. The molecule has 9 nitrogen and oxygen atoms in total. The molecule has 0 fully saturated rings. The number of nitro groups is 1. The van der Waals surface area contributed by atoms with E-state index in [1.807, 2.05) is 0 Å². The lowest BCUT2D eigenvalue weighted by molar-refractivity contribution is -0.387. The fourth-order valence-corrected chi connectivity index (χ4v) is 1.39. The van der Waals surface area contributed by atoms with E-state index in [1.165, 1.54) is 13.2 Å². The lowest BCUT2D eigenvalue weighted by Crippen LogP contribution is -2.03. The molecule has 10 heteroatoms. The molecule has 21 heavy (non-hydrogen) atoms. The molecule has 2 rings (SSSR count). The van der Waals surface area contributed by atoms with E-state index in [4.69, 9.17) is 9.47 Å². The van der Waals surface area contributed by atoms with Gasteiger partial charge in [0.15, 0.2) is 0 Å². The molecule has 1 heterocycles. The molecule has 0 radical (unpaired) electrons. The number of ether oxygens (including phenoxy) is 2. The zero-order valence-corrected chi connectivity index (χ0v) is 11.0. The Morgan fingerprint density at radius 3 is 2.57 bits per heavy atom. The fraction of sp³-hybridized carbons (Fsp3) is 0.182. The van der Waals surface area contributed by atoms with Gasteiger partial charge in [0.25, 0.3) is 0 Å². The van der Waals surface area contributed by atoms with Crippen LogP contribution in [0.3, 0.4) is 0 Å². The predicted octanol–water partition coefficient (Wildman–Crippen LogP) is 1.76. The van der Waals surface area contributed by atoms with Crippen molar-refractivity contribution in [1.29, 1.82) is 0 Å². The number of nitrogens with one attached hydrogen (secondary N) is 1. The highest BCUT2D eigenvalue weighted by molar-refractivity contribution is 5.39. The molecule has 1 aromatic carbocycles. The summed E-state index contributed by atoms with van der Waals surface area (Å²) in [6, 6.07) is 2.96. The number of hydrogen-bond acceptors (Lipinski definition) is 8. The molecule has 0 atom stereocenters. The topological polar surface area (TPSA) is 112 Å². The Hall–Kier alpha value is -3.04. The van der Waals surface area contributed by atoms with Crippen molar-refractivity contribution in [3.63, 3.8) is 0 Å². The van der Waals surface area contributed by atoms with Crippen LogP contribution in [0.4, 0.5) is 16.0 Å². The summed E-state index contributed by atoms with van der Waals surface area (Å²) in [7, 11) is 2.95. The van der Waals surface area contributed by atoms with E-state index < -0.39 is 16.4 Å². The molecule has 2 aromatic rings. The molecule has 1 N–H and O–H groups in total. The van der Waals surface area contributed by atoms with Gasteiger partial charge in [-0.2, -0.15) is 14.4 Å². The second kappa shape index (κ2) is 5.94. The van der Waals surface area contributed by atoms with Crippen molar-refractivity contribution in [2.45, 2.75) is 0 Å². The van der Waals surface area contributed by atoms with E-state index in [2.05, 4.69) is 20.3 Å². The maximum Gasteiger partial charge on any atom is 0.330 e. The van der Waals surface area contributed by atoms with Gasteiger partial charge in [-0.05, 0) is 6.07 Å². The van der Waals surface area contributed by atoms with Crippen LogP contribution in [0.2, 0.25) is 0 Å². The Labute approximate surface area is 117 Å². The third kappa shape index (κ3) is 3.29. The van der Waals surface area contributed by atoms with Crippen LogP contribution >= 0.6 is 0 Å². The van der Waals surface area contributed by atoms with Crippen molar-refractivity contribution in [2.24, 2.45) is 0 Å². The van der Waals surface area contributed by atoms with Crippen LogP contribution in [0.5, 0.6) is 17.8 Å². The highest BCUT2D eigenvalue weighted by atomic mass is 19.1. The number of methoxy groups -OCH3 is 1. The molecular formula is C11H10FN5O4. The Balaban J connectivity index is 2.29. The molecule has 110 valence electrons. The van der Waals surface area contributed by atoms with Crippen molar-refractivity contribution < 1.29 is 18.8 Å². The minimum Gasteiger partial charge on any atom is -0.467 e. The average Bonchev–Trinajstić information content (AvgIpc) is 2.46. The van der Waals surface area contributed by atoms with Gasteiger partial charge in [-0.25, -0.2) is 0 Å². The van der Waals surface area contributed by atoms with Gasteiger partial charge in [-0.3, -0.25) is 10.1 Å². The molecule has 0 saturated carbocycles. The SMILES string of the molecule is CNc1nc(OC)nc(Oc2ccc([N+](=O)[O-])c(F)c2)n1. The van der Waals surface area contributed by atoms with Gasteiger partial charge in [-0.1, -0.05) is 0 Å². The van der Waals surface area contributed by atoms with Gasteiger partial charge in [-0.15, -0.1) is 4.98 Å². The third-order valence-corrected chi connectivity index (χ3v) is 2.33. The zero-order valence-electron chi connectivity index (χ0n) is 11.0. The lowest BCUT2D eigenvalue weighted by Gasteiger charge is -2.07. The number of hydrogen-bond donors (Lipinski definition) is 1. The number of benzene rings is 1. The summed E-state index contributed by atoms with van der Waals surface area (Å²) in [6.45, 7) is 0. The first-order chi connectivity index (χ1) is 10.0. The van der Waals surface area contributed by atoms with E-state index >= 15 is 0 Å². The standard InChI is InChI=1S/C11H10FN5O4/c1-13-9-14-10(20-2)16-11(15-9)21-6-3-4-8(17(18)19)7(12)5-6/h3-5H,1-2H3,(H,13,14,15,16). The predicted molar refractivity (Wildman–Crippen MR) is 69.1 cm³/mol. The summed E-state index contributed by atoms with van der Waals surface area (Å²) in [5.41, 5.74) is -0.647. The molecule has 0 aliphatic carbocycles.